The van der Waals surface area contributed by atoms with Gasteiger partial charge in [-0.05, 0) is 68.1 Å². The molecule has 0 N–H and O–H groups in total. The van der Waals surface area contributed by atoms with Crippen LogP contribution in [0.3, 0.4) is 0 Å². The first-order valence-corrected chi connectivity index (χ1v) is 7.76. The lowest BCUT2D eigenvalue weighted by Gasteiger charge is -2.54. The molecular formula is C16H24N2. The van der Waals surface area contributed by atoms with Crippen LogP contribution in [0.5, 0.6) is 0 Å². The van der Waals surface area contributed by atoms with Gasteiger partial charge in [0.2, 0.25) is 0 Å². The largest absolute Gasteiger partial charge is 0.338 e. The quantitative estimate of drug-likeness (QED) is 0.796. The summed E-state index contributed by atoms with van der Waals surface area (Å²) >= 11 is 0. The molecule has 1 aromatic rings. The molecule has 5 rings (SSSR count). The fourth-order valence-corrected chi connectivity index (χ4v) is 5.44. The summed E-state index contributed by atoms with van der Waals surface area (Å²) in [5.74, 6) is 6.66. The summed E-state index contributed by atoms with van der Waals surface area (Å²) in [5.41, 5.74) is 0. The predicted octanol–water partition coefficient (Wildman–Crippen LogP) is 3.43. The highest BCUT2D eigenvalue weighted by Gasteiger charge is 2.47. The van der Waals surface area contributed by atoms with Crippen molar-refractivity contribution in [2.45, 2.75) is 44.9 Å². The van der Waals surface area contributed by atoms with Gasteiger partial charge in [-0.1, -0.05) is 0 Å². The van der Waals surface area contributed by atoms with Crippen LogP contribution in [0.2, 0.25) is 0 Å². The van der Waals surface area contributed by atoms with Crippen LogP contribution in [0.25, 0.3) is 0 Å². The number of aromatic nitrogens is 2. The third kappa shape index (κ3) is 1.72. The number of nitrogens with zero attached hydrogens (tertiary/aromatic N) is 2. The maximum atomic E-state index is 4.48. The van der Waals surface area contributed by atoms with Gasteiger partial charge in [-0.25, -0.2) is 4.98 Å². The van der Waals surface area contributed by atoms with E-state index in [0.29, 0.717) is 0 Å². The second-order valence-electron chi connectivity index (χ2n) is 7.09. The SMILES string of the molecule is Cn1ccnc1CCC1C2CC3CC(C2)CC1C3. The van der Waals surface area contributed by atoms with E-state index < -0.39 is 0 Å². The Labute approximate surface area is 110 Å². The van der Waals surface area contributed by atoms with Crippen molar-refractivity contribution in [3.63, 3.8) is 0 Å². The van der Waals surface area contributed by atoms with Gasteiger partial charge in [-0.3, -0.25) is 0 Å². The monoisotopic (exact) mass is 244 g/mol. The molecule has 1 aromatic heterocycles. The Bertz CT molecular complexity index is 406. The Morgan fingerprint density at radius 1 is 1.11 bits per heavy atom. The van der Waals surface area contributed by atoms with E-state index in [0.717, 1.165) is 29.6 Å². The molecule has 0 atom stereocenters. The van der Waals surface area contributed by atoms with E-state index in [9.17, 15) is 0 Å². The molecule has 0 amide bonds. The number of rotatable bonds is 3. The van der Waals surface area contributed by atoms with Crippen molar-refractivity contribution < 1.29 is 0 Å². The van der Waals surface area contributed by atoms with Crippen molar-refractivity contribution in [1.82, 2.24) is 9.55 Å². The summed E-state index contributed by atoms with van der Waals surface area (Å²) in [7, 11) is 2.12. The zero-order chi connectivity index (χ0) is 12.1. The van der Waals surface area contributed by atoms with Gasteiger partial charge in [0.1, 0.15) is 5.82 Å². The van der Waals surface area contributed by atoms with Gasteiger partial charge in [0, 0.05) is 25.9 Å². The van der Waals surface area contributed by atoms with E-state index in [4.69, 9.17) is 0 Å². The molecule has 4 fully saturated rings. The lowest BCUT2D eigenvalue weighted by atomic mass is 9.51. The van der Waals surface area contributed by atoms with Crippen molar-refractivity contribution in [1.29, 1.82) is 0 Å². The highest BCUT2D eigenvalue weighted by atomic mass is 15.0. The van der Waals surface area contributed by atoms with Crippen LogP contribution in [0, 0.1) is 29.6 Å². The van der Waals surface area contributed by atoms with Crippen LogP contribution in [-0.2, 0) is 13.5 Å². The van der Waals surface area contributed by atoms with Crippen molar-refractivity contribution in [3.05, 3.63) is 18.2 Å². The molecule has 0 spiro atoms. The average Bonchev–Trinajstić information content (AvgIpc) is 2.73. The van der Waals surface area contributed by atoms with Crippen molar-refractivity contribution in [2.24, 2.45) is 36.6 Å². The van der Waals surface area contributed by atoms with Crippen LogP contribution in [0.15, 0.2) is 12.4 Å². The molecule has 98 valence electrons. The summed E-state index contributed by atoms with van der Waals surface area (Å²) in [5, 5.41) is 0. The van der Waals surface area contributed by atoms with Gasteiger partial charge in [-0.2, -0.15) is 0 Å². The number of aryl methyl sites for hydroxylation is 2. The maximum Gasteiger partial charge on any atom is 0.108 e. The molecule has 2 nitrogen and oxygen atoms in total. The summed E-state index contributed by atoms with van der Waals surface area (Å²) in [4.78, 5) is 4.48. The summed E-state index contributed by atoms with van der Waals surface area (Å²) in [6.45, 7) is 0. The average molecular weight is 244 g/mol. The van der Waals surface area contributed by atoms with Crippen LogP contribution in [-0.4, -0.2) is 9.55 Å². The standard InChI is InChI=1S/C16H24N2/c1-18-5-4-17-16(18)3-2-15-13-7-11-6-12(9-13)10-14(15)8-11/h4-5,11-15H,2-3,6-10H2,1H3. The summed E-state index contributed by atoms with van der Waals surface area (Å²) < 4.78 is 2.19. The predicted molar refractivity (Wildman–Crippen MR) is 72.1 cm³/mol. The lowest BCUT2D eigenvalue weighted by Crippen LogP contribution is -2.45. The van der Waals surface area contributed by atoms with Gasteiger partial charge in [0.15, 0.2) is 0 Å². The van der Waals surface area contributed by atoms with Gasteiger partial charge in [0.25, 0.3) is 0 Å². The number of hydrogen-bond donors (Lipinski definition) is 0. The van der Waals surface area contributed by atoms with Crippen molar-refractivity contribution in [3.8, 4) is 0 Å². The molecule has 0 saturated heterocycles. The molecule has 4 aliphatic carbocycles. The molecule has 0 aliphatic heterocycles. The first-order chi connectivity index (χ1) is 8.79. The molecule has 4 aliphatic rings. The van der Waals surface area contributed by atoms with Gasteiger partial charge >= 0.3 is 0 Å². The van der Waals surface area contributed by atoms with Crippen LogP contribution < -0.4 is 0 Å². The summed E-state index contributed by atoms with van der Waals surface area (Å²) in [6.07, 6.45) is 14.4. The second kappa shape index (κ2) is 4.11. The molecule has 0 unspecified atom stereocenters. The Morgan fingerprint density at radius 2 is 1.78 bits per heavy atom. The Kier molecular flexibility index (Phi) is 2.53. The van der Waals surface area contributed by atoms with Crippen molar-refractivity contribution in [2.75, 3.05) is 0 Å². The summed E-state index contributed by atoms with van der Waals surface area (Å²) in [6, 6.07) is 0. The Hall–Kier alpha value is -0.790. The molecule has 1 heterocycles. The fourth-order valence-electron chi connectivity index (χ4n) is 5.44. The minimum Gasteiger partial charge on any atom is -0.338 e. The third-order valence-corrected chi connectivity index (χ3v) is 6.04. The molecule has 2 heteroatoms. The third-order valence-electron chi connectivity index (χ3n) is 6.04. The second-order valence-corrected chi connectivity index (χ2v) is 7.09. The van der Waals surface area contributed by atoms with Gasteiger partial charge in [-0.15, -0.1) is 0 Å². The van der Waals surface area contributed by atoms with E-state index >= 15 is 0 Å². The molecule has 4 bridgehead atoms. The first-order valence-electron chi connectivity index (χ1n) is 7.76. The van der Waals surface area contributed by atoms with E-state index in [-0.39, 0.29) is 0 Å². The lowest BCUT2D eigenvalue weighted by molar-refractivity contribution is -0.0396. The van der Waals surface area contributed by atoms with Crippen LogP contribution in [0.1, 0.15) is 44.3 Å². The normalized spacial score (nSPS) is 41.5. The highest BCUT2D eigenvalue weighted by molar-refractivity contribution is 5.00. The first kappa shape index (κ1) is 11.1. The minimum absolute atomic E-state index is 1.02. The van der Waals surface area contributed by atoms with E-state index in [1.807, 2.05) is 6.20 Å². The van der Waals surface area contributed by atoms with Gasteiger partial charge in [0.05, 0.1) is 0 Å². The molecular weight excluding hydrogens is 220 g/mol. The number of imidazole rings is 1. The molecule has 0 radical (unpaired) electrons. The molecule has 0 aromatic carbocycles. The Balaban J connectivity index is 1.45. The highest BCUT2D eigenvalue weighted by Crippen LogP contribution is 2.57. The van der Waals surface area contributed by atoms with E-state index in [2.05, 4.69) is 22.8 Å². The topological polar surface area (TPSA) is 17.8 Å². The molecule has 4 saturated carbocycles. The van der Waals surface area contributed by atoms with E-state index in [1.54, 1.807) is 32.1 Å². The maximum absolute atomic E-state index is 4.48. The zero-order valence-electron chi connectivity index (χ0n) is 11.4. The van der Waals surface area contributed by atoms with Gasteiger partial charge < -0.3 is 4.57 Å². The van der Waals surface area contributed by atoms with E-state index in [1.165, 1.54) is 18.7 Å². The Morgan fingerprint density at radius 3 is 2.33 bits per heavy atom. The smallest absolute Gasteiger partial charge is 0.108 e. The minimum atomic E-state index is 1.02. The zero-order valence-corrected chi connectivity index (χ0v) is 11.4. The van der Waals surface area contributed by atoms with Crippen LogP contribution in [0.4, 0.5) is 0 Å². The number of hydrogen-bond acceptors (Lipinski definition) is 1. The van der Waals surface area contributed by atoms with Crippen LogP contribution >= 0.6 is 0 Å². The molecule has 18 heavy (non-hydrogen) atoms. The fraction of sp³-hybridized carbons (Fsp3) is 0.812. The van der Waals surface area contributed by atoms with Crippen molar-refractivity contribution >= 4 is 0 Å².